The maximum Gasteiger partial charge on any atom is 0.0412 e. The van der Waals surface area contributed by atoms with Gasteiger partial charge in [-0.15, -0.1) is 0 Å². The monoisotopic (exact) mass is 273 g/mol. The quantitative estimate of drug-likeness (QED) is 0.732. The van der Waals surface area contributed by atoms with E-state index < -0.39 is 0 Å². The summed E-state index contributed by atoms with van der Waals surface area (Å²) in [6.45, 7) is 4.46. The smallest absolute Gasteiger partial charge is 0.0412 e. The van der Waals surface area contributed by atoms with Gasteiger partial charge in [0, 0.05) is 10.7 Å². The van der Waals surface area contributed by atoms with E-state index >= 15 is 0 Å². The number of nitrogen functional groups attached to an aromatic ring is 1. The Morgan fingerprint density at radius 3 is 2.42 bits per heavy atom. The molecule has 1 nitrogen and oxygen atoms in total. The lowest BCUT2D eigenvalue weighted by molar-refractivity contribution is 0.643. The topological polar surface area (TPSA) is 26.0 Å². The van der Waals surface area contributed by atoms with Gasteiger partial charge in [0.05, 0.1) is 0 Å². The first-order valence-corrected chi connectivity index (χ1v) is 7.18. The molecule has 0 saturated carbocycles. The Balaban J connectivity index is 2.57. The Morgan fingerprint density at radius 2 is 1.79 bits per heavy atom. The first-order chi connectivity index (χ1) is 9.15. The molecule has 100 valence electrons. The van der Waals surface area contributed by atoms with Crippen LogP contribution in [0.3, 0.4) is 0 Å². The lowest BCUT2D eigenvalue weighted by Gasteiger charge is -2.18. The Morgan fingerprint density at radius 1 is 1.05 bits per heavy atom. The van der Waals surface area contributed by atoms with Crippen LogP contribution in [0.25, 0.3) is 11.1 Å². The predicted molar refractivity (Wildman–Crippen MR) is 84.6 cm³/mol. The highest BCUT2D eigenvalue weighted by molar-refractivity contribution is 6.30. The highest BCUT2D eigenvalue weighted by atomic mass is 35.5. The van der Waals surface area contributed by atoms with Crippen molar-refractivity contribution < 1.29 is 0 Å². The summed E-state index contributed by atoms with van der Waals surface area (Å²) >= 11 is 6.17. The molecule has 0 unspecified atom stereocenters. The Kier molecular flexibility index (Phi) is 4.49. The lowest BCUT2D eigenvalue weighted by atomic mass is 9.87. The van der Waals surface area contributed by atoms with Crippen molar-refractivity contribution in [2.75, 3.05) is 5.73 Å². The van der Waals surface area contributed by atoms with Crippen LogP contribution in [0.15, 0.2) is 42.5 Å². The zero-order valence-electron chi connectivity index (χ0n) is 11.5. The normalized spacial score (nSPS) is 10.9. The van der Waals surface area contributed by atoms with Crippen molar-refractivity contribution in [2.45, 2.75) is 32.6 Å². The largest absolute Gasteiger partial charge is 0.399 e. The summed E-state index contributed by atoms with van der Waals surface area (Å²) in [5, 5.41) is 0.770. The van der Waals surface area contributed by atoms with E-state index in [1.165, 1.54) is 11.1 Å². The van der Waals surface area contributed by atoms with E-state index in [9.17, 15) is 0 Å². The summed E-state index contributed by atoms with van der Waals surface area (Å²) in [4.78, 5) is 0. The van der Waals surface area contributed by atoms with Crippen molar-refractivity contribution in [1.82, 2.24) is 0 Å². The van der Waals surface area contributed by atoms with Crippen LogP contribution >= 0.6 is 11.6 Å². The van der Waals surface area contributed by atoms with Crippen LogP contribution in [0.2, 0.25) is 5.02 Å². The summed E-state index contributed by atoms with van der Waals surface area (Å²) in [6.07, 6.45) is 2.26. The van der Waals surface area contributed by atoms with Crippen molar-refractivity contribution in [3.05, 3.63) is 53.1 Å². The molecule has 0 saturated heterocycles. The highest BCUT2D eigenvalue weighted by Crippen LogP contribution is 2.35. The van der Waals surface area contributed by atoms with E-state index in [1.807, 2.05) is 30.3 Å². The molecule has 0 aliphatic carbocycles. The zero-order chi connectivity index (χ0) is 13.8. The minimum Gasteiger partial charge on any atom is -0.399 e. The van der Waals surface area contributed by atoms with Gasteiger partial charge in [0.25, 0.3) is 0 Å². The van der Waals surface area contributed by atoms with E-state index in [2.05, 4.69) is 26.0 Å². The van der Waals surface area contributed by atoms with Gasteiger partial charge < -0.3 is 5.73 Å². The first-order valence-electron chi connectivity index (χ1n) is 6.81. The Bertz CT molecular complexity index is 559. The molecule has 0 heterocycles. The fourth-order valence-corrected chi connectivity index (χ4v) is 2.74. The van der Waals surface area contributed by atoms with Gasteiger partial charge in [0.1, 0.15) is 0 Å². The van der Waals surface area contributed by atoms with E-state index in [-0.39, 0.29) is 0 Å². The standard InChI is InChI=1S/C17H20ClN/c1-3-12(4-2)16-9-8-14(18)11-17(16)13-6-5-7-15(19)10-13/h5-12H,3-4,19H2,1-2H3. The fourth-order valence-electron chi connectivity index (χ4n) is 2.57. The fraction of sp³-hybridized carbons (Fsp3) is 0.294. The van der Waals surface area contributed by atoms with Crippen LogP contribution in [0, 0.1) is 0 Å². The van der Waals surface area contributed by atoms with Gasteiger partial charge in [-0.2, -0.15) is 0 Å². The van der Waals surface area contributed by atoms with E-state index in [4.69, 9.17) is 17.3 Å². The third kappa shape index (κ3) is 3.10. The molecule has 0 aliphatic heterocycles. The number of hydrogen-bond acceptors (Lipinski definition) is 1. The molecule has 0 spiro atoms. The van der Waals surface area contributed by atoms with Gasteiger partial charge in [0.15, 0.2) is 0 Å². The molecular formula is C17H20ClN. The SMILES string of the molecule is CCC(CC)c1ccc(Cl)cc1-c1cccc(N)c1. The zero-order valence-corrected chi connectivity index (χ0v) is 12.2. The van der Waals surface area contributed by atoms with Crippen molar-refractivity contribution in [3.63, 3.8) is 0 Å². The summed E-state index contributed by atoms with van der Waals surface area (Å²) < 4.78 is 0. The summed E-state index contributed by atoms with van der Waals surface area (Å²) in [5.41, 5.74) is 10.4. The lowest BCUT2D eigenvalue weighted by Crippen LogP contribution is -1.99. The molecule has 2 aromatic rings. The van der Waals surface area contributed by atoms with Crippen molar-refractivity contribution >= 4 is 17.3 Å². The third-order valence-electron chi connectivity index (χ3n) is 3.64. The van der Waals surface area contributed by atoms with Gasteiger partial charge in [-0.25, -0.2) is 0 Å². The average Bonchev–Trinajstić information content (AvgIpc) is 2.41. The molecule has 19 heavy (non-hydrogen) atoms. The predicted octanol–water partition coefficient (Wildman–Crippen LogP) is 5.49. The molecule has 2 N–H and O–H groups in total. The van der Waals surface area contributed by atoms with Gasteiger partial charge >= 0.3 is 0 Å². The van der Waals surface area contributed by atoms with Gasteiger partial charge in [-0.05, 0) is 59.7 Å². The number of anilines is 1. The van der Waals surface area contributed by atoms with Crippen LogP contribution in [0.4, 0.5) is 5.69 Å². The minimum absolute atomic E-state index is 0.564. The summed E-state index contributed by atoms with van der Waals surface area (Å²) in [5.74, 6) is 0.564. The minimum atomic E-state index is 0.564. The molecule has 2 heteroatoms. The number of benzene rings is 2. The van der Waals surface area contributed by atoms with Crippen molar-refractivity contribution in [1.29, 1.82) is 0 Å². The van der Waals surface area contributed by atoms with Crippen LogP contribution in [-0.4, -0.2) is 0 Å². The van der Waals surface area contributed by atoms with Gasteiger partial charge in [-0.3, -0.25) is 0 Å². The first kappa shape index (κ1) is 14.0. The van der Waals surface area contributed by atoms with Crippen LogP contribution < -0.4 is 5.73 Å². The van der Waals surface area contributed by atoms with Crippen LogP contribution in [0.1, 0.15) is 38.2 Å². The molecule has 0 aromatic heterocycles. The van der Waals surface area contributed by atoms with E-state index in [0.717, 1.165) is 29.1 Å². The second-order valence-corrected chi connectivity index (χ2v) is 5.31. The van der Waals surface area contributed by atoms with Crippen molar-refractivity contribution in [3.8, 4) is 11.1 Å². The molecular weight excluding hydrogens is 254 g/mol. The van der Waals surface area contributed by atoms with Crippen molar-refractivity contribution in [2.24, 2.45) is 0 Å². The van der Waals surface area contributed by atoms with E-state index in [0.29, 0.717) is 5.92 Å². The maximum atomic E-state index is 6.17. The van der Waals surface area contributed by atoms with Crippen LogP contribution in [0.5, 0.6) is 0 Å². The molecule has 0 radical (unpaired) electrons. The Hall–Kier alpha value is -1.47. The van der Waals surface area contributed by atoms with Crippen LogP contribution in [-0.2, 0) is 0 Å². The molecule has 0 bridgehead atoms. The van der Waals surface area contributed by atoms with Gasteiger partial charge in [0.2, 0.25) is 0 Å². The van der Waals surface area contributed by atoms with Gasteiger partial charge in [-0.1, -0.05) is 43.6 Å². The second-order valence-electron chi connectivity index (χ2n) is 4.87. The number of halogens is 1. The molecule has 0 amide bonds. The highest BCUT2D eigenvalue weighted by Gasteiger charge is 2.13. The van der Waals surface area contributed by atoms with E-state index in [1.54, 1.807) is 0 Å². The molecule has 2 rings (SSSR count). The second kappa shape index (κ2) is 6.12. The molecule has 0 atom stereocenters. The summed E-state index contributed by atoms with van der Waals surface area (Å²) in [7, 11) is 0. The maximum absolute atomic E-state index is 6.17. The third-order valence-corrected chi connectivity index (χ3v) is 3.87. The molecule has 0 aliphatic rings. The number of hydrogen-bond donors (Lipinski definition) is 1. The number of nitrogens with two attached hydrogens (primary N) is 1. The number of rotatable bonds is 4. The molecule has 2 aromatic carbocycles. The Labute approximate surface area is 120 Å². The average molecular weight is 274 g/mol. The summed E-state index contributed by atoms with van der Waals surface area (Å²) in [6, 6.07) is 14.2. The molecule has 0 fully saturated rings.